The molecule has 0 atom stereocenters. The summed E-state index contributed by atoms with van der Waals surface area (Å²) >= 11 is 25.0. The lowest BCUT2D eigenvalue weighted by atomic mass is 10.1. The van der Waals surface area contributed by atoms with E-state index in [-0.39, 0.29) is 48.6 Å². The van der Waals surface area contributed by atoms with Crippen LogP contribution in [-0.4, -0.2) is 21.1 Å². The molecule has 0 bridgehead atoms. The molecule has 0 spiro atoms. The third kappa shape index (κ3) is 3.73. The van der Waals surface area contributed by atoms with Crippen molar-refractivity contribution < 1.29 is 18.4 Å². The van der Waals surface area contributed by atoms with Crippen LogP contribution in [0.5, 0.6) is 0 Å². The molecule has 0 amide bonds. The van der Waals surface area contributed by atoms with Gasteiger partial charge in [0.2, 0.25) is 11.6 Å². The van der Waals surface area contributed by atoms with Crippen molar-refractivity contribution in [3.05, 3.63) is 109 Å². The van der Waals surface area contributed by atoms with Gasteiger partial charge in [0.05, 0.1) is 27.5 Å². The summed E-state index contributed by atoms with van der Waals surface area (Å²) in [5, 5.41) is -0.537. The minimum atomic E-state index is -0.794. The Balaban J connectivity index is 1.96. The number of hydrogen-bond donors (Lipinski definition) is 1. The van der Waals surface area contributed by atoms with Crippen LogP contribution in [0.15, 0.2) is 54.6 Å². The fourth-order valence-corrected chi connectivity index (χ4v) is 4.05. The van der Waals surface area contributed by atoms with Crippen molar-refractivity contribution >= 4 is 58.0 Å². The normalized spacial score (nSPS) is 11.1. The third-order valence-electron chi connectivity index (χ3n) is 4.69. The summed E-state index contributed by atoms with van der Waals surface area (Å²) in [4.78, 5) is 28.9. The largest absolute Gasteiger partial charge is 0.340 e. The van der Waals surface area contributed by atoms with E-state index >= 15 is 0 Å². The van der Waals surface area contributed by atoms with Crippen molar-refractivity contribution in [1.82, 2.24) is 9.55 Å². The molecule has 0 aliphatic rings. The molecule has 10 heteroatoms. The SMILES string of the molecule is O=C(c1ccccc1F)c1[nH]c(Cl)c(Cl)c1-n1c(C(=O)c2ccccc2F)cc(Cl)c1Cl. The average molecular weight is 514 g/mol. The fraction of sp³-hybridized carbons (Fsp3) is 0. The van der Waals surface area contributed by atoms with Crippen LogP contribution in [0, 0.1) is 11.6 Å². The first-order valence-corrected chi connectivity index (χ1v) is 10.5. The van der Waals surface area contributed by atoms with Crippen molar-refractivity contribution in [2.75, 3.05) is 0 Å². The summed E-state index contributed by atoms with van der Waals surface area (Å²) in [5.41, 5.74) is -1.05. The van der Waals surface area contributed by atoms with E-state index in [2.05, 4.69) is 4.98 Å². The zero-order valence-corrected chi connectivity index (χ0v) is 18.8. The molecule has 1 N–H and O–H groups in total. The molecule has 4 nitrogen and oxygen atoms in total. The van der Waals surface area contributed by atoms with Crippen LogP contribution in [0.1, 0.15) is 32.1 Å². The number of carbonyl (C=O) groups is 2. The number of H-pyrrole nitrogens is 1. The molecule has 0 aliphatic heterocycles. The monoisotopic (exact) mass is 512 g/mol. The quantitative estimate of drug-likeness (QED) is 0.288. The lowest BCUT2D eigenvalue weighted by molar-refractivity contribution is 0.101. The number of rotatable bonds is 5. The van der Waals surface area contributed by atoms with Crippen LogP contribution in [0.25, 0.3) is 5.69 Å². The molecule has 0 fully saturated rings. The Morgan fingerprint density at radius 1 is 0.812 bits per heavy atom. The Morgan fingerprint density at radius 2 is 1.34 bits per heavy atom. The molecule has 32 heavy (non-hydrogen) atoms. The van der Waals surface area contributed by atoms with Gasteiger partial charge < -0.3 is 4.98 Å². The molecule has 2 aromatic heterocycles. The van der Waals surface area contributed by atoms with E-state index in [1.54, 1.807) is 0 Å². The standard InChI is InChI=1S/C22H10Cl4F2N2O2/c23-12-9-15(19(31)10-5-1-3-7-13(10)27)30(22(12)26)18-16(24)21(25)29-17(18)20(32)11-6-2-4-8-14(11)28/h1-9,29H. The predicted octanol–water partition coefficient (Wildman–Crippen LogP) is 7.16. The maximum atomic E-state index is 14.3. The molecular formula is C22H10Cl4F2N2O2. The maximum absolute atomic E-state index is 14.3. The van der Waals surface area contributed by atoms with Gasteiger partial charge in [-0.25, -0.2) is 8.78 Å². The molecule has 0 radical (unpaired) electrons. The first-order valence-electron chi connectivity index (χ1n) is 8.95. The van der Waals surface area contributed by atoms with Crippen LogP contribution >= 0.6 is 46.4 Å². The van der Waals surface area contributed by atoms with Crippen LogP contribution in [0.3, 0.4) is 0 Å². The fourth-order valence-electron chi connectivity index (χ4n) is 3.22. The number of aromatic amines is 1. The summed E-state index contributed by atoms with van der Waals surface area (Å²) in [6.45, 7) is 0. The van der Waals surface area contributed by atoms with E-state index in [0.717, 1.165) is 16.7 Å². The molecule has 0 aliphatic carbocycles. The van der Waals surface area contributed by atoms with Crippen molar-refractivity contribution in [3.63, 3.8) is 0 Å². The molecule has 4 rings (SSSR count). The van der Waals surface area contributed by atoms with E-state index in [4.69, 9.17) is 46.4 Å². The second-order valence-electron chi connectivity index (χ2n) is 6.60. The molecule has 0 saturated carbocycles. The Hall–Kier alpha value is -2.64. The highest BCUT2D eigenvalue weighted by Gasteiger charge is 2.30. The molecule has 4 aromatic rings. The van der Waals surface area contributed by atoms with Gasteiger partial charge in [-0.05, 0) is 30.3 Å². The lowest BCUT2D eigenvalue weighted by Gasteiger charge is -2.12. The van der Waals surface area contributed by atoms with Gasteiger partial charge in [-0.1, -0.05) is 70.7 Å². The zero-order chi connectivity index (χ0) is 23.2. The molecular weight excluding hydrogens is 504 g/mol. The predicted molar refractivity (Wildman–Crippen MR) is 120 cm³/mol. The van der Waals surface area contributed by atoms with Gasteiger partial charge in [0.1, 0.15) is 32.7 Å². The average Bonchev–Trinajstić information content (AvgIpc) is 3.23. The van der Waals surface area contributed by atoms with E-state index in [1.165, 1.54) is 42.5 Å². The number of benzene rings is 2. The van der Waals surface area contributed by atoms with Gasteiger partial charge in [0.25, 0.3) is 0 Å². The molecule has 2 aromatic carbocycles. The number of ketones is 2. The summed E-state index contributed by atoms with van der Waals surface area (Å²) in [7, 11) is 0. The van der Waals surface area contributed by atoms with Crippen molar-refractivity contribution in [2.24, 2.45) is 0 Å². The van der Waals surface area contributed by atoms with Gasteiger partial charge in [0, 0.05) is 0 Å². The smallest absolute Gasteiger partial charge is 0.214 e. The van der Waals surface area contributed by atoms with Crippen LogP contribution in [-0.2, 0) is 0 Å². The molecule has 2 heterocycles. The number of nitrogens with one attached hydrogen (secondary N) is 1. The molecule has 0 unspecified atom stereocenters. The van der Waals surface area contributed by atoms with Gasteiger partial charge >= 0.3 is 0 Å². The maximum Gasteiger partial charge on any atom is 0.214 e. The van der Waals surface area contributed by atoms with Gasteiger partial charge in [0.15, 0.2) is 0 Å². The first-order chi connectivity index (χ1) is 15.2. The topological polar surface area (TPSA) is 54.9 Å². The van der Waals surface area contributed by atoms with Gasteiger partial charge in [-0.3, -0.25) is 14.2 Å². The molecule has 162 valence electrons. The first kappa shape index (κ1) is 22.6. The zero-order valence-electron chi connectivity index (χ0n) is 15.7. The Bertz CT molecular complexity index is 1290. The summed E-state index contributed by atoms with van der Waals surface area (Å²) in [6.07, 6.45) is 0. The lowest BCUT2D eigenvalue weighted by Crippen LogP contribution is -2.14. The second-order valence-corrected chi connectivity index (χ2v) is 8.12. The van der Waals surface area contributed by atoms with E-state index in [1.807, 2.05) is 0 Å². The van der Waals surface area contributed by atoms with Crippen molar-refractivity contribution in [2.45, 2.75) is 0 Å². The number of hydrogen-bond acceptors (Lipinski definition) is 2. The summed E-state index contributed by atoms with van der Waals surface area (Å²) in [5.74, 6) is -3.10. The Kier molecular flexibility index (Phi) is 6.14. The minimum absolute atomic E-state index is 0.0518. The number of nitrogens with zero attached hydrogens (tertiary/aromatic N) is 1. The van der Waals surface area contributed by atoms with E-state index < -0.39 is 23.2 Å². The Morgan fingerprint density at radius 3 is 1.91 bits per heavy atom. The van der Waals surface area contributed by atoms with Gasteiger partial charge in [-0.2, -0.15) is 0 Å². The summed E-state index contributed by atoms with van der Waals surface area (Å²) in [6, 6.07) is 11.8. The highest BCUT2D eigenvalue weighted by Crippen LogP contribution is 2.39. The number of halogens is 6. The second kappa shape index (κ2) is 8.71. The molecule has 0 saturated heterocycles. The van der Waals surface area contributed by atoms with Crippen molar-refractivity contribution in [3.8, 4) is 5.69 Å². The third-order valence-corrected chi connectivity index (χ3v) is 6.20. The minimum Gasteiger partial charge on any atom is -0.340 e. The van der Waals surface area contributed by atoms with Crippen molar-refractivity contribution in [1.29, 1.82) is 0 Å². The van der Waals surface area contributed by atoms with E-state index in [0.29, 0.717) is 0 Å². The van der Waals surface area contributed by atoms with Gasteiger partial charge in [-0.15, -0.1) is 0 Å². The van der Waals surface area contributed by atoms with Crippen LogP contribution < -0.4 is 0 Å². The Labute approximate surface area is 200 Å². The van der Waals surface area contributed by atoms with Crippen LogP contribution in [0.4, 0.5) is 8.78 Å². The highest BCUT2D eigenvalue weighted by atomic mass is 35.5. The number of aromatic nitrogens is 2. The highest BCUT2D eigenvalue weighted by molar-refractivity contribution is 6.45. The number of carbonyl (C=O) groups excluding carboxylic acids is 2. The summed E-state index contributed by atoms with van der Waals surface area (Å²) < 4.78 is 29.6. The van der Waals surface area contributed by atoms with Crippen LogP contribution in [0.2, 0.25) is 20.4 Å². The van der Waals surface area contributed by atoms with E-state index in [9.17, 15) is 18.4 Å².